The minimum absolute atomic E-state index is 0. The monoisotopic (exact) mass is 937 g/mol. The third-order valence-corrected chi connectivity index (χ3v) is 13.0. The maximum atomic E-state index is 12.2. The average molecular weight is 937 g/mol. The van der Waals surface area contributed by atoms with E-state index in [2.05, 4.69) is 111 Å². The summed E-state index contributed by atoms with van der Waals surface area (Å²) < 4.78 is 22.4. The number of morpholine rings is 4. The maximum absolute atomic E-state index is 12.2. The van der Waals surface area contributed by atoms with Gasteiger partial charge in [0.2, 0.25) is 17.8 Å². The number of rotatable bonds is 11. The Kier molecular flexibility index (Phi) is 17.1. The normalized spacial score (nSPS) is 19.2. The van der Waals surface area contributed by atoms with Crippen molar-refractivity contribution in [2.24, 2.45) is 0 Å². The van der Waals surface area contributed by atoms with Crippen LogP contribution in [0.5, 0.6) is 0 Å². The molecule has 0 aliphatic carbocycles. The summed E-state index contributed by atoms with van der Waals surface area (Å²) in [5, 5.41) is 6.62. The van der Waals surface area contributed by atoms with Crippen LogP contribution in [0.25, 0.3) is 0 Å². The van der Waals surface area contributed by atoms with Crippen LogP contribution in [0, 0.1) is 0 Å². The van der Waals surface area contributed by atoms with Crippen LogP contribution >= 0.6 is 0 Å². The van der Waals surface area contributed by atoms with Crippen molar-refractivity contribution in [2.75, 3.05) is 214 Å². The van der Waals surface area contributed by atoms with Crippen LogP contribution in [0.3, 0.4) is 0 Å². The molecule has 0 radical (unpaired) electrons. The Balaban J connectivity index is 0.000000181. The number of carbonyl (C=O) groups is 1. The summed E-state index contributed by atoms with van der Waals surface area (Å²) >= 11 is 0. The highest BCUT2D eigenvalue weighted by atomic mass is 16.5. The predicted molar refractivity (Wildman–Crippen MR) is 273 cm³/mol. The zero-order valence-corrected chi connectivity index (χ0v) is 39.4. The predicted octanol–water partition coefficient (Wildman–Crippen LogP) is 3.98. The molecule has 19 heteroatoms. The van der Waals surface area contributed by atoms with Crippen molar-refractivity contribution in [3.05, 3.63) is 60.7 Å². The van der Waals surface area contributed by atoms with Crippen molar-refractivity contribution >= 4 is 63.8 Å². The van der Waals surface area contributed by atoms with E-state index >= 15 is 0 Å². The molecule has 0 unspecified atom stereocenters. The lowest BCUT2D eigenvalue weighted by molar-refractivity contribution is -0.114. The van der Waals surface area contributed by atoms with E-state index in [1.165, 1.54) is 18.3 Å². The Labute approximate surface area is 402 Å². The number of ether oxygens (including phenoxy) is 4. The minimum atomic E-state index is -0.128. The van der Waals surface area contributed by atoms with Gasteiger partial charge >= 0.3 is 0 Å². The Bertz CT molecular complexity index is 2090. The van der Waals surface area contributed by atoms with Crippen molar-refractivity contribution < 1.29 is 23.7 Å². The van der Waals surface area contributed by atoms with E-state index in [0.717, 1.165) is 173 Å². The van der Waals surface area contributed by atoms with Crippen molar-refractivity contribution in [3.8, 4) is 0 Å². The van der Waals surface area contributed by atoms with Crippen molar-refractivity contribution in [3.63, 3.8) is 0 Å². The van der Waals surface area contributed by atoms with Crippen LogP contribution in [0.15, 0.2) is 60.7 Å². The van der Waals surface area contributed by atoms with Gasteiger partial charge in [0.05, 0.1) is 52.9 Å². The Morgan fingerprint density at radius 1 is 0.441 bits per heavy atom. The molecule has 6 saturated heterocycles. The van der Waals surface area contributed by atoms with Gasteiger partial charge in [0.1, 0.15) is 11.4 Å². The molecule has 6 fully saturated rings. The summed E-state index contributed by atoms with van der Waals surface area (Å²) in [5.74, 6) is 4.95. The van der Waals surface area contributed by atoms with E-state index in [1.54, 1.807) is 0 Å². The van der Waals surface area contributed by atoms with Crippen LogP contribution in [-0.4, -0.2) is 190 Å². The molecule has 2 aromatic carbocycles. The summed E-state index contributed by atoms with van der Waals surface area (Å²) in [4.78, 5) is 51.0. The van der Waals surface area contributed by atoms with E-state index < -0.39 is 0 Å². The van der Waals surface area contributed by atoms with Crippen LogP contribution < -0.4 is 49.8 Å². The van der Waals surface area contributed by atoms with E-state index in [1.807, 2.05) is 6.07 Å². The highest BCUT2D eigenvalue weighted by molar-refractivity contribution is 5.96. The van der Waals surface area contributed by atoms with E-state index in [4.69, 9.17) is 38.9 Å². The van der Waals surface area contributed by atoms with E-state index in [0.29, 0.717) is 38.1 Å². The van der Waals surface area contributed by atoms with Gasteiger partial charge in [-0.25, -0.2) is 0 Å². The van der Waals surface area contributed by atoms with E-state index in [9.17, 15) is 4.79 Å². The second kappa shape index (κ2) is 23.9. The maximum Gasteiger partial charge on any atom is 0.229 e. The molecule has 8 heterocycles. The summed E-state index contributed by atoms with van der Waals surface area (Å²) in [7, 11) is 0. The average Bonchev–Trinajstić information content (AvgIpc) is 3.40. The molecule has 6 aliphatic rings. The lowest BCUT2D eigenvalue weighted by Gasteiger charge is -2.38. The smallest absolute Gasteiger partial charge is 0.229 e. The second-order valence-electron chi connectivity index (χ2n) is 17.3. The standard InChI is InChI=1S/C24H33N7O3.C24H35N7O2.CH4/c1-19(32)25-21-22(29-11-15-33-16-12-29)26-24(27-23(21)30-13-17-34-18-14-30)31-9-7-28(8-10-31)20-5-3-2-4-6-20;1-2-25-21-22(29-12-16-32-17-13-29)26-24(27-23(21)30-14-18-33-19-15-30)31-10-8-28(9-11-31)20-6-4-3-5-7-20;/h2-6H,7-18H2,1H3,(H,25,32);3-7,25H,2,8-19H2,1H3;1H4. The highest BCUT2D eigenvalue weighted by Gasteiger charge is 2.31. The van der Waals surface area contributed by atoms with Crippen LogP contribution in [0.2, 0.25) is 0 Å². The number of para-hydroxylation sites is 2. The first-order chi connectivity index (χ1) is 33.0. The first-order valence-electron chi connectivity index (χ1n) is 24.3. The molecule has 19 nitrogen and oxygen atoms in total. The molecule has 4 aromatic rings. The number of aromatic nitrogens is 4. The topological polar surface area (TPSA) is 156 Å². The molecule has 0 spiro atoms. The summed E-state index contributed by atoms with van der Waals surface area (Å²) in [6.07, 6.45) is 0. The van der Waals surface area contributed by atoms with Gasteiger partial charge in [0.25, 0.3) is 0 Å². The highest BCUT2D eigenvalue weighted by Crippen LogP contribution is 2.38. The van der Waals surface area contributed by atoms with Crippen LogP contribution in [0.4, 0.5) is 57.9 Å². The lowest BCUT2D eigenvalue weighted by atomic mass is 10.2. The molecule has 1 amide bonds. The van der Waals surface area contributed by atoms with Gasteiger partial charge < -0.3 is 68.8 Å². The van der Waals surface area contributed by atoms with Crippen LogP contribution in [-0.2, 0) is 23.7 Å². The molecule has 10 rings (SSSR count). The van der Waals surface area contributed by atoms with Crippen LogP contribution in [0.1, 0.15) is 21.3 Å². The fourth-order valence-electron chi connectivity index (χ4n) is 9.38. The third kappa shape index (κ3) is 11.9. The fourth-order valence-corrected chi connectivity index (χ4v) is 9.38. The molecule has 0 atom stereocenters. The van der Waals surface area contributed by atoms with Crippen molar-refractivity contribution in [1.29, 1.82) is 0 Å². The van der Waals surface area contributed by atoms with Gasteiger partial charge in [-0.15, -0.1) is 0 Å². The van der Waals surface area contributed by atoms with Gasteiger partial charge in [0, 0.05) is 130 Å². The van der Waals surface area contributed by atoms with Crippen molar-refractivity contribution in [1.82, 2.24) is 19.9 Å². The molecular weight excluding hydrogens is 865 g/mol. The van der Waals surface area contributed by atoms with E-state index in [-0.39, 0.29) is 13.3 Å². The van der Waals surface area contributed by atoms with Gasteiger partial charge in [-0.2, -0.15) is 19.9 Å². The number of carbonyl (C=O) groups excluding carboxylic acids is 1. The molecule has 368 valence electrons. The lowest BCUT2D eigenvalue weighted by Crippen LogP contribution is -2.47. The van der Waals surface area contributed by atoms with Crippen molar-refractivity contribution in [2.45, 2.75) is 21.3 Å². The summed E-state index contributed by atoms with van der Waals surface area (Å²) in [6.45, 7) is 23.5. The Morgan fingerprint density at radius 3 is 1.03 bits per heavy atom. The number of amides is 1. The molecule has 0 bridgehead atoms. The van der Waals surface area contributed by atoms with Gasteiger partial charge in [-0.3, -0.25) is 4.79 Å². The summed E-state index contributed by atoms with van der Waals surface area (Å²) in [5.41, 5.74) is 4.24. The molecule has 6 aliphatic heterocycles. The quantitative estimate of drug-likeness (QED) is 0.223. The zero-order valence-electron chi connectivity index (χ0n) is 39.4. The minimum Gasteiger partial charge on any atom is -0.379 e. The zero-order chi connectivity index (χ0) is 45.8. The largest absolute Gasteiger partial charge is 0.379 e. The second-order valence-corrected chi connectivity index (χ2v) is 17.3. The molecule has 0 saturated carbocycles. The SMILES string of the molecule is C.CC(=O)Nc1c(N2CCOCC2)nc(N2CCN(c3ccccc3)CC2)nc1N1CCOCC1.CCNc1c(N2CCOCC2)nc(N2CCN(c3ccccc3)CC2)nc1N1CCOCC1. The number of nitrogens with one attached hydrogen (secondary N) is 2. The number of hydrogen-bond acceptors (Lipinski definition) is 18. The number of anilines is 10. The molecule has 2 N–H and O–H groups in total. The molecular formula is C49H72N14O5. The number of nitrogens with zero attached hydrogens (tertiary/aromatic N) is 12. The third-order valence-electron chi connectivity index (χ3n) is 13.0. The van der Waals surface area contributed by atoms with Gasteiger partial charge in [-0.1, -0.05) is 43.8 Å². The van der Waals surface area contributed by atoms with Gasteiger partial charge in [-0.05, 0) is 31.2 Å². The first-order valence-corrected chi connectivity index (χ1v) is 24.3. The number of hydrogen-bond donors (Lipinski definition) is 2. The summed E-state index contributed by atoms with van der Waals surface area (Å²) in [6, 6.07) is 21.2. The fraction of sp³-hybridized carbons (Fsp3) is 0.571. The number of benzene rings is 2. The first kappa shape index (κ1) is 48.6. The number of piperazine rings is 2. The van der Waals surface area contributed by atoms with Gasteiger partial charge in [0.15, 0.2) is 23.3 Å². The molecule has 2 aromatic heterocycles. The molecule has 68 heavy (non-hydrogen) atoms. The Morgan fingerprint density at radius 2 is 0.735 bits per heavy atom. The Hall–Kier alpha value is -5.89.